The van der Waals surface area contributed by atoms with Gasteiger partial charge in [-0.25, -0.2) is 4.98 Å². The number of pyridine rings is 1. The van der Waals surface area contributed by atoms with E-state index in [4.69, 9.17) is 0 Å². The molecule has 0 spiro atoms. The van der Waals surface area contributed by atoms with Crippen molar-refractivity contribution in [1.82, 2.24) is 4.98 Å². The first-order chi connectivity index (χ1) is 12.5. The lowest BCUT2D eigenvalue weighted by Gasteiger charge is -2.09. The van der Waals surface area contributed by atoms with Gasteiger partial charge in [-0.2, -0.15) is 0 Å². The molecule has 0 saturated heterocycles. The number of nitro groups is 1. The van der Waals surface area contributed by atoms with Crippen LogP contribution in [0.5, 0.6) is 0 Å². The number of aromatic nitrogens is 1. The number of nitrogens with zero attached hydrogens (tertiary/aromatic N) is 2. The van der Waals surface area contributed by atoms with Crippen LogP contribution < -0.4 is 10.6 Å². The highest BCUT2D eigenvalue weighted by Gasteiger charge is 2.17. The summed E-state index contributed by atoms with van der Waals surface area (Å²) in [5, 5.41) is 17.1. The molecule has 0 aliphatic rings. The van der Waals surface area contributed by atoms with Crippen LogP contribution in [0.4, 0.5) is 22.9 Å². The van der Waals surface area contributed by atoms with Gasteiger partial charge in [-0.1, -0.05) is 30.3 Å². The molecule has 0 bridgehead atoms. The Morgan fingerprint density at radius 3 is 2.23 bits per heavy atom. The molecule has 7 nitrogen and oxygen atoms in total. The maximum atomic E-state index is 11.3. The van der Waals surface area contributed by atoms with Gasteiger partial charge in [-0.3, -0.25) is 14.9 Å². The molecular weight excluding hydrogens is 332 g/mol. The zero-order valence-electron chi connectivity index (χ0n) is 14.0. The van der Waals surface area contributed by atoms with Crippen LogP contribution in [-0.2, 0) is 4.79 Å². The number of benzene rings is 2. The van der Waals surface area contributed by atoms with Crippen molar-refractivity contribution in [2.24, 2.45) is 0 Å². The second-order valence-corrected chi connectivity index (χ2v) is 5.57. The smallest absolute Gasteiger partial charge is 0.295 e. The Balaban J connectivity index is 1.89. The maximum Gasteiger partial charge on any atom is 0.295 e. The van der Waals surface area contributed by atoms with Gasteiger partial charge in [0.2, 0.25) is 5.91 Å². The number of amides is 1. The van der Waals surface area contributed by atoms with Crippen molar-refractivity contribution in [3.05, 3.63) is 76.8 Å². The van der Waals surface area contributed by atoms with E-state index >= 15 is 0 Å². The first-order valence-corrected chi connectivity index (χ1v) is 7.88. The predicted molar refractivity (Wildman–Crippen MR) is 100 cm³/mol. The summed E-state index contributed by atoms with van der Waals surface area (Å²) in [4.78, 5) is 26.3. The number of hydrogen-bond donors (Lipinski definition) is 2. The van der Waals surface area contributed by atoms with Crippen LogP contribution >= 0.6 is 0 Å². The minimum absolute atomic E-state index is 0.0530. The van der Waals surface area contributed by atoms with Crippen LogP contribution in [0.1, 0.15) is 6.92 Å². The lowest BCUT2D eigenvalue weighted by molar-refractivity contribution is -0.384. The van der Waals surface area contributed by atoms with E-state index in [0.717, 1.165) is 5.69 Å². The van der Waals surface area contributed by atoms with E-state index in [2.05, 4.69) is 15.6 Å². The summed E-state index contributed by atoms with van der Waals surface area (Å²) in [6.45, 7) is 1.44. The van der Waals surface area contributed by atoms with Crippen LogP contribution in [-0.4, -0.2) is 15.8 Å². The molecule has 3 rings (SSSR count). The summed E-state index contributed by atoms with van der Waals surface area (Å²) in [7, 11) is 0. The molecule has 0 aliphatic carbocycles. The van der Waals surface area contributed by atoms with Crippen LogP contribution in [0, 0.1) is 10.1 Å². The lowest BCUT2D eigenvalue weighted by Crippen LogP contribution is -2.05. The van der Waals surface area contributed by atoms with E-state index in [9.17, 15) is 14.9 Å². The molecule has 0 aliphatic heterocycles. The average Bonchev–Trinajstić information content (AvgIpc) is 2.63. The molecule has 1 amide bonds. The highest BCUT2D eigenvalue weighted by atomic mass is 16.6. The molecule has 1 aromatic heterocycles. The summed E-state index contributed by atoms with van der Waals surface area (Å²) < 4.78 is 0. The third kappa shape index (κ3) is 4.02. The quantitative estimate of drug-likeness (QED) is 0.527. The number of anilines is 3. The third-order valence-corrected chi connectivity index (χ3v) is 3.60. The monoisotopic (exact) mass is 348 g/mol. The second kappa shape index (κ2) is 7.43. The summed E-state index contributed by atoms with van der Waals surface area (Å²) in [5.41, 5.74) is 2.35. The van der Waals surface area contributed by atoms with Gasteiger partial charge >= 0.3 is 0 Å². The van der Waals surface area contributed by atoms with E-state index < -0.39 is 4.92 Å². The van der Waals surface area contributed by atoms with Crippen molar-refractivity contribution >= 4 is 28.8 Å². The molecule has 130 valence electrons. The maximum absolute atomic E-state index is 11.3. The van der Waals surface area contributed by atoms with Crippen molar-refractivity contribution < 1.29 is 9.72 Å². The van der Waals surface area contributed by atoms with Gasteiger partial charge in [0.25, 0.3) is 5.69 Å². The van der Waals surface area contributed by atoms with Gasteiger partial charge in [0, 0.05) is 29.9 Å². The fraction of sp³-hybridized carbons (Fsp3) is 0.0526. The largest absolute Gasteiger partial charge is 0.340 e. The third-order valence-electron chi connectivity index (χ3n) is 3.60. The molecule has 0 atom stereocenters. The minimum atomic E-state index is -0.443. The van der Waals surface area contributed by atoms with Crippen LogP contribution in [0.2, 0.25) is 0 Å². The van der Waals surface area contributed by atoms with Gasteiger partial charge < -0.3 is 10.6 Å². The van der Waals surface area contributed by atoms with E-state index in [1.807, 2.05) is 18.2 Å². The zero-order chi connectivity index (χ0) is 18.5. The highest BCUT2D eigenvalue weighted by Crippen LogP contribution is 2.30. The molecule has 0 unspecified atom stereocenters. The number of carbonyl (C=O) groups excluding carboxylic acids is 1. The van der Waals surface area contributed by atoms with Crippen molar-refractivity contribution in [3.63, 3.8) is 0 Å². The van der Waals surface area contributed by atoms with Crippen LogP contribution in [0.3, 0.4) is 0 Å². The number of nitrogens with one attached hydrogen (secondary N) is 2. The Kier molecular flexibility index (Phi) is 4.89. The molecule has 0 fully saturated rings. The Labute approximate surface area is 149 Å². The van der Waals surface area contributed by atoms with Gasteiger partial charge in [0.1, 0.15) is 5.82 Å². The Morgan fingerprint density at radius 2 is 1.62 bits per heavy atom. The summed E-state index contributed by atoms with van der Waals surface area (Å²) in [6.07, 6.45) is 0. The molecule has 2 aromatic carbocycles. The fourth-order valence-electron chi connectivity index (χ4n) is 2.47. The SMILES string of the molecule is CC(=O)Nc1ccc(Nc2ccc([N+](=O)[O-])c(-c3ccccc3)n2)cc1. The van der Waals surface area contributed by atoms with E-state index in [1.54, 1.807) is 42.5 Å². The molecule has 0 saturated carbocycles. The first-order valence-electron chi connectivity index (χ1n) is 7.88. The lowest BCUT2D eigenvalue weighted by atomic mass is 10.1. The predicted octanol–water partition coefficient (Wildman–Crippen LogP) is 4.36. The normalized spacial score (nSPS) is 10.2. The first kappa shape index (κ1) is 17.1. The van der Waals surface area contributed by atoms with Crippen molar-refractivity contribution in [1.29, 1.82) is 0 Å². The summed E-state index contributed by atoms with van der Waals surface area (Å²) in [6, 6.07) is 19.1. The zero-order valence-corrected chi connectivity index (χ0v) is 14.0. The average molecular weight is 348 g/mol. The van der Waals surface area contributed by atoms with Crippen molar-refractivity contribution in [2.75, 3.05) is 10.6 Å². The van der Waals surface area contributed by atoms with Gasteiger partial charge in [0.15, 0.2) is 5.69 Å². The Morgan fingerprint density at radius 1 is 0.962 bits per heavy atom. The number of rotatable bonds is 5. The Hall–Kier alpha value is -3.74. The fourth-order valence-corrected chi connectivity index (χ4v) is 2.47. The summed E-state index contributed by atoms with van der Waals surface area (Å²) in [5.74, 6) is 0.344. The van der Waals surface area contributed by atoms with Gasteiger partial charge in [0.05, 0.1) is 4.92 Å². The van der Waals surface area contributed by atoms with Crippen molar-refractivity contribution in [3.8, 4) is 11.3 Å². The van der Waals surface area contributed by atoms with E-state index in [0.29, 0.717) is 22.8 Å². The molecule has 7 heteroatoms. The number of hydrogen-bond acceptors (Lipinski definition) is 5. The molecule has 2 N–H and O–H groups in total. The van der Waals surface area contributed by atoms with Gasteiger partial charge in [-0.15, -0.1) is 0 Å². The standard InChI is InChI=1S/C19H16N4O3/c1-13(24)20-15-7-9-16(10-8-15)21-18-12-11-17(23(25)26)19(22-18)14-5-3-2-4-6-14/h2-12H,1H3,(H,20,24)(H,21,22). The topological polar surface area (TPSA) is 97.2 Å². The molecule has 1 heterocycles. The molecule has 3 aromatic rings. The highest BCUT2D eigenvalue weighted by molar-refractivity contribution is 5.88. The molecule has 26 heavy (non-hydrogen) atoms. The molecule has 0 radical (unpaired) electrons. The van der Waals surface area contributed by atoms with Crippen LogP contribution in [0.25, 0.3) is 11.3 Å². The van der Waals surface area contributed by atoms with Crippen molar-refractivity contribution in [2.45, 2.75) is 6.92 Å². The number of carbonyl (C=O) groups is 1. The Bertz CT molecular complexity index is 941. The minimum Gasteiger partial charge on any atom is -0.340 e. The van der Waals surface area contributed by atoms with E-state index in [-0.39, 0.29) is 11.6 Å². The summed E-state index contributed by atoms with van der Waals surface area (Å²) >= 11 is 0. The molecular formula is C19H16N4O3. The van der Waals surface area contributed by atoms with Crippen LogP contribution in [0.15, 0.2) is 66.7 Å². The van der Waals surface area contributed by atoms with E-state index in [1.165, 1.54) is 13.0 Å². The van der Waals surface area contributed by atoms with Gasteiger partial charge in [-0.05, 0) is 30.3 Å². The second-order valence-electron chi connectivity index (χ2n) is 5.57.